The molecule has 0 saturated heterocycles. The Labute approximate surface area is 123 Å². The van der Waals surface area contributed by atoms with Crippen LogP contribution in [0.25, 0.3) is 0 Å². The van der Waals surface area contributed by atoms with Crippen LogP contribution < -0.4 is 10.5 Å². The third-order valence-electron chi connectivity index (χ3n) is 3.85. The summed E-state index contributed by atoms with van der Waals surface area (Å²) < 4.78 is 44.8. The fraction of sp³-hybridized carbons (Fsp3) is 0.625. The molecule has 1 aromatic carbocycles. The molecule has 21 heavy (non-hydrogen) atoms. The van der Waals surface area contributed by atoms with Gasteiger partial charge in [-0.25, -0.2) is 0 Å². The summed E-state index contributed by atoms with van der Waals surface area (Å²) in [7, 11) is 0. The third kappa shape index (κ3) is 4.92. The van der Waals surface area contributed by atoms with Gasteiger partial charge in [-0.15, -0.1) is 0 Å². The van der Waals surface area contributed by atoms with Gasteiger partial charge in [-0.05, 0) is 42.9 Å². The van der Waals surface area contributed by atoms with Crippen LogP contribution in [-0.4, -0.2) is 12.6 Å². The molecule has 1 atom stereocenters. The molecule has 0 spiro atoms. The predicted octanol–water partition coefficient (Wildman–Crippen LogP) is 4.16. The fourth-order valence-electron chi connectivity index (χ4n) is 2.24. The number of rotatable bonds is 7. The van der Waals surface area contributed by atoms with Gasteiger partial charge in [0.05, 0.1) is 12.2 Å². The smallest absolute Gasteiger partial charge is 0.419 e. The highest BCUT2D eigenvalue weighted by atomic mass is 19.4. The summed E-state index contributed by atoms with van der Waals surface area (Å²) in [6.45, 7) is 2.27. The molecular formula is C16H22F3NO. The zero-order chi connectivity index (χ0) is 15.5. The van der Waals surface area contributed by atoms with Crippen LogP contribution in [0.4, 0.5) is 13.2 Å². The Balaban J connectivity index is 2.10. The minimum atomic E-state index is -4.40. The van der Waals surface area contributed by atoms with E-state index in [9.17, 15) is 13.2 Å². The van der Waals surface area contributed by atoms with Crippen molar-refractivity contribution in [3.05, 3.63) is 29.3 Å². The van der Waals surface area contributed by atoms with Gasteiger partial charge in [0.25, 0.3) is 0 Å². The molecule has 1 aliphatic rings. The SMILES string of the molecule is CCC(N)Cc1ccc(OCCC2CC2)c(C(F)(F)F)c1. The van der Waals surface area contributed by atoms with E-state index >= 15 is 0 Å². The lowest BCUT2D eigenvalue weighted by molar-refractivity contribution is -0.139. The molecule has 2 N–H and O–H groups in total. The Kier molecular flexibility index (Phi) is 5.14. The summed E-state index contributed by atoms with van der Waals surface area (Å²) in [6.07, 6.45) is -0.0451. The van der Waals surface area contributed by atoms with E-state index in [2.05, 4.69) is 0 Å². The monoisotopic (exact) mass is 301 g/mol. The van der Waals surface area contributed by atoms with Gasteiger partial charge < -0.3 is 10.5 Å². The predicted molar refractivity (Wildman–Crippen MR) is 76.3 cm³/mol. The number of ether oxygens (including phenoxy) is 1. The molecule has 0 heterocycles. The second-order valence-corrected chi connectivity index (χ2v) is 5.78. The molecular weight excluding hydrogens is 279 g/mol. The Morgan fingerprint density at radius 1 is 1.33 bits per heavy atom. The first-order chi connectivity index (χ1) is 9.90. The third-order valence-corrected chi connectivity index (χ3v) is 3.85. The molecule has 0 amide bonds. The van der Waals surface area contributed by atoms with Crippen LogP contribution in [0.2, 0.25) is 0 Å². The molecule has 0 aliphatic heterocycles. The van der Waals surface area contributed by atoms with Crippen LogP contribution in [0.5, 0.6) is 5.75 Å². The van der Waals surface area contributed by atoms with Crippen LogP contribution >= 0.6 is 0 Å². The normalized spacial score (nSPS) is 16.8. The number of alkyl halides is 3. The van der Waals surface area contributed by atoms with Crippen molar-refractivity contribution in [1.82, 2.24) is 0 Å². The minimum Gasteiger partial charge on any atom is -0.493 e. The Morgan fingerprint density at radius 3 is 2.62 bits per heavy atom. The van der Waals surface area contributed by atoms with E-state index < -0.39 is 11.7 Å². The van der Waals surface area contributed by atoms with E-state index in [1.165, 1.54) is 25.0 Å². The van der Waals surface area contributed by atoms with Gasteiger partial charge in [0.1, 0.15) is 5.75 Å². The van der Waals surface area contributed by atoms with Crippen molar-refractivity contribution in [3.63, 3.8) is 0 Å². The number of hydrogen-bond acceptors (Lipinski definition) is 2. The van der Waals surface area contributed by atoms with Crippen molar-refractivity contribution in [1.29, 1.82) is 0 Å². The number of halogens is 3. The van der Waals surface area contributed by atoms with Gasteiger partial charge in [0.15, 0.2) is 0 Å². The van der Waals surface area contributed by atoms with Gasteiger partial charge in [0, 0.05) is 6.04 Å². The second kappa shape index (κ2) is 6.69. The van der Waals surface area contributed by atoms with E-state index in [1.807, 2.05) is 6.92 Å². The molecule has 5 heteroatoms. The number of benzene rings is 1. The Bertz CT molecular complexity index is 469. The second-order valence-electron chi connectivity index (χ2n) is 5.78. The molecule has 2 rings (SSSR count). The molecule has 1 aromatic rings. The summed E-state index contributed by atoms with van der Waals surface area (Å²) in [5.41, 5.74) is 5.72. The maximum absolute atomic E-state index is 13.1. The van der Waals surface area contributed by atoms with Gasteiger partial charge in [-0.1, -0.05) is 25.8 Å². The lowest BCUT2D eigenvalue weighted by atomic mass is 10.0. The van der Waals surface area contributed by atoms with Crippen molar-refractivity contribution in [2.75, 3.05) is 6.61 Å². The van der Waals surface area contributed by atoms with Gasteiger partial charge >= 0.3 is 6.18 Å². The largest absolute Gasteiger partial charge is 0.493 e. The van der Waals surface area contributed by atoms with Crippen LogP contribution in [0.15, 0.2) is 18.2 Å². The summed E-state index contributed by atoms with van der Waals surface area (Å²) in [5.74, 6) is 0.568. The van der Waals surface area contributed by atoms with E-state index in [1.54, 1.807) is 6.07 Å². The minimum absolute atomic E-state index is 0.0723. The zero-order valence-electron chi connectivity index (χ0n) is 12.2. The van der Waals surface area contributed by atoms with E-state index in [4.69, 9.17) is 10.5 Å². The van der Waals surface area contributed by atoms with Gasteiger partial charge in [0.2, 0.25) is 0 Å². The Hall–Kier alpha value is -1.23. The quantitative estimate of drug-likeness (QED) is 0.820. The highest BCUT2D eigenvalue weighted by molar-refractivity contribution is 5.39. The molecule has 0 bridgehead atoms. The standard InChI is InChI=1S/C16H22F3NO/c1-2-13(20)9-12-5-6-15(14(10-12)16(17,18)19)21-8-7-11-3-4-11/h5-6,10-11,13H,2-4,7-9,20H2,1H3. The fourth-order valence-corrected chi connectivity index (χ4v) is 2.24. The summed E-state index contributed by atoms with van der Waals surface area (Å²) in [6, 6.07) is 4.15. The molecule has 118 valence electrons. The van der Waals surface area contributed by atoms with Crippen molar-refractivity contribution < 1.29 is 17.9 Å². The maximum atomic E-state index is 13.1. The first-order valence-electron chi connectivity index (χ1n) is 7.48. The molecule has 2 nitrogen and oxygen atoms in total. The molecule has 1 fully saturated rings. The lowest BCUT2D eigenvalue weighted by Crippen LogP contribution is -2.21. The average molecular weight is 301 g/mol. The van der Waals surface area contributed by atoms with Crippen molar-refractivity contribution in [2.45, 2.75) is 51.2 Å². The maximum Gasteiger partial charge on any atom is 0.419 e. The van der Waals surface area contributed by atoms with E-state index in [0.717, 1.165) is 12.8 Å². The number of hydrogen-bond donors (Lipinski definition) is 1. The van der Waals surface area contributed by atoms with Crippen LogP contribution in [0.1, 0.15) is 43.7 Å². The molecule has 1 aliphatic carbocycles. The summed E-state index contributed by atoms with van der Waals surface area (Å²) in [5, 5.41) is 0. The zero-order valence-corrected chi connectivity index (χ0v) is 12.2. The highest BCUT2D eigenvalue weighted by Crippen LogP contribution is 2.38. The molecule has 0 radical (unpaired) electrons. The summed E-state index contributed by atoms with van der Waals surface area (Å²) in [4.78, 5) is 0. The van der Waals surface area contributed by atoms with E-state index in [0.29, 0.717) is 24.5 Å². The van der Waals surface area contributed by atoms with Crippen molar-refractivity contribution in [3.8, 4) is 5.75 Å². The van der Waals surface area contributed by atoms with Crippen LogP contribution in [0.3, 0.4) is 0 Å². The average Bonchev–Trinajstić information content (AvgIpc) is 3.23. The lowest BCUT2D eigenvalue weighted by Gasteiger charge is -2.16. The molecule has 0 aromatic heterocycles. The van der Waals surface area contributed by atoms with Crippen molar-refractivity contribution >= 4 is 0 Å². The van der Waals surface area contributed by atoms with Crippen LogP contribution in [-0.2, 0) is 12.6 Å². The van der Waals surface area contributed by atoms with E-state index in [-0.39, 0.29) is 11.8 Å². The number of nitrogens with two attached hydrogens (primary N) is 1. The first kappa shape index (κ1) is 16.1. The van der Waals surface area contributed by atoms with Gasteiger partial charge in [-0.3, -0.25) is 0 Å². The highest BCUT2D eigenvalue weighted by Gasteiger charge is 2.35. The topological polar surface area (TPSA) is 35.2 Å². The first-order valence-corrected chi connectivity index (χ1v) is 7.48. The summed E-state index contributed by atoms with van der Waals surface area (Å²) >= 11 is 0. The Morgan fingerprint density at radius 2 is 2.05 bits per heavy atom. The molecule has 1 saturated carbocycles. The van der Waals surface area contributed by atoms with Crippen molar-refractivity contribution in [2.24, 2.45) is 11.7 Å². The van der Waals surface area contributed by atoms with Crippen LogP contribution in [0, 0.1) is 5.92 Å². The molecule has 1 unspecified atom stereocenters. The van der Waals surface area contributed by atoms with Gasteiger partial charge in [-0.2, -0.15) is 13.2 Å².